The molecule has 32 heavy (non-hydrogen) atoms. The Hall–Kier alpha value is -2.17. The van der Waals surface area contributed by atoms with E-state index in [1.807, 2.05) is 4.90 Å². The summed E-state index contributed by atoms with van der Waals surface area (Å²) >= 11 is 0. The molecule has 1 saturated carbocycles. The van der Waals surface area contributed by atoms with Gasteiger partial charge in [-0.25, -0.2) is 8.42 Å². The van der Waals surface area contributed by atoms with Crippen LogP contribution in [0.5, 0.6) is 0 Å². The molecule has 3 aliphatic heterocycles. The van der Waals surface area contributed by atoms with E-state index in [0.29, 0.717) is 44.6 Å². The lowest BCUT2D eigenvalue weighted by molar-refractivity contribution is -0.128. The molecule has 5 rings (SSSR count). The summed E-state index contributed by atoms with van der Waals surface area (Å²) in [6, 6.07) is 5.29. The van der Waals surface area contributed by atoms with E-state index in [0.717, 1.165) is 44.5 Å². The number of benzene rings is 1. The minimum absolute atomic E-state index is 0.0380. The van der Waals surface area contributed by atoms with Crippen LogP contribution in [0.4, 0.5) is 11.4 Å². The fourth-order valence-corrected chi connectivity index (χ4v) is 6.26. The second-order valence-corrected chi connectivity index (χ2v) is 11.0. The molecule has 3 saturated heterocycles. The number of likely N-dealkylation sites (tertiary alicyclic amines) is 1. The second kappa shape index (κ2) is 8.64. The van der Waals surface area contributed by atoms with Gasteiger partial charge in [0, 0.05) is 45.2 Å². The predicted molar refractivity (Wildman–Crippen MR) is 119 cm³/mol. The van der Waals surface area contributed by atoms with Gasteiger partial charge in [0.05, 0.1) is 35.4 Å². The first-order chi connectivity index (χ1) is 15.4. The van der Waals surface area contributed by atoms with E-state index in [1.165, 1.54) is 4.31 Å². The van der Waals surface area contributed by atoms with Crippen molar-refractivity contribution in [3.63, 3.8) is 0 Å². The minimum Gasteiger partial charge on any atom is -0.379 e. The number of sulfonamides is 1. The lowest BCUT2D eigenvalue weighted by atomic mass is 10.1. The molecule has 3 heterocycles. The number of carbonyl (C=O) groups is 2. The monoisotopic (exact) mass is 462 g/mol. The zero-order valence-corrected chi connectivity index (χ0v) is 19.0. The Balaban J connectivity index is 1.40. The molecule has 1 unspecified atom stereocenters. The molecule has 2 amide bonds. The van der Waals surface area contributed by atoms with E-state index >= 15 is 0 Å². The number of amides is 2. The highest BCUT2D eigenvalue weighted by Crippen LogP contribution is 2.35. The minimum atomic E-state index is -3.68. The average molecular weight is 463 g/mol. The van der Waals surface area contributed by atoms with Crippen LogP contribution in [0.1, 0.15) is 32.1 Å². The van der Waals surface area contributed by atoms with Crippen molar-refractivity contribution in [1.29, 1.82) is 0 Å². The Labute approximate surface area is 188 Å². The van der Waals surface area contributed by atoms with Gasteiger partial charge in [0.25, 0.3) is 0 Å². The number of anilines is 2. The Morgan fingerprint density at radius 3 is 2.47 bits per heavy atom. The average Bonchev–Trinajstić information content (AvgIpc) is 3.33. The number of hydrogen-bond acceptors (Lipinski definition) is 6. The zero-order chi connectivity index (χ0) is 22.3. The molecule has 1 N–H and O–H groups in total. The molecule has 0 radical (unpaired) electrons. The van der Waals surface area contributed by atoms with E-state index in [9.17, 15) is 18.0 Å². The highest BCUT2D eigenvalue weighted by atomic mass is 32.2. The van der Waals surface area contributed by atoms with Crippen LogP contribution in [-0.2, 0) is 24.3 Å². The summed E-state index contributed by atoms with van der Waals surface area (Å²) in [6.07, 6.45) is 4.37. The van der Waals surface area contributed by atoms with E-state index in [2.05, 4.69) is 10.2 Å². The Kier molecular flexibility index (Phi) is 5.85. The number of hydrogen-bond donors (Lipinski definition) is 1. The first-order valence-electron chi connectivity index (χ1n) is 11.5. The smallest absolute Gasteiger partial charge is 0.243 e. The highest BCUT2D eigenvalue weighted by molar-refractivity contribution is 7.89. The molecule has 1 aromatic carbocycles. The topological polar surface area (TPSA) is 99.3 Å². The van der Waals surface area contributed by atoms with Gasteiger partial charge >= 0.3 is 0 Å². The van der Waals surface area contributed by atoms with Crippen LogP contribution in [0, 0.1) is 5.92 Å². The van der Waals surface area contributed by atoms with Gasteiger partial charge in [0.15, 0.2) is 0 Å². The van der Waals surface area contributed by atoms with Crippen molar-refractivity contribution >= 4 is 33.2 Å². The van der Waals surface area contributed by atoms with Gasteiger partial charge in [0.1, 0.15) is 0 Å². The van der Waals surface area contributed by atoms with Crippen LogP contribution in [0.3, 0.4) is 0 Å². The summed E-state index contributed by atoms with van der Waals surface area (Å²) in [5, 5.41) is 2.98. The quantitative estimate of drug-likeness (QED) is 0.683. The Bertz CT molecular complexity index is 998. The van der Waals surface area contributed by atoms with E-state index in [1.54, 1.807) is 18.2 Å². The van der Waals surface area contributed by atoms with Gasteiger partial charge in [-0.2, -0.15) is 4.31 Å². The number of ether oxygens (including phenoxy) is 1. The standard InChI is InChI=1S/C22H30N4O5S/c27-21-13-16(15-26(21)17-3-4-17)22(28)23-19-14-18(5-6-20(19)24-7-1-2-8-24)32(29,30)25-9-11-31-12-10-25/h5-6,14,16-17H,1-4,7-13,15H2,(H,23,28). The maximum atomic E-state index is 13.2. The second-order valence-electron chi connectivity index (χ2n) is 9.06. The summed E-state index contributed by atoms with van der Waals surface area (Å²) in [5.41, 5.74) is 1.34. The summed E-state index contributed by atoms with van der Waals surface area (Å²) in [5.74, 6) is -0.590. The van der Waals surface area contributed by atoms with Gasteiger partial charge < -0.3 is 19.9 Å². The number of nitrogens with zero attached hydrogens (tertiary/aromatic N) is 3. The van der Waals surface area contributed by atoms with Gasteiger partial charge in [0.2, 0.25) is 21.8 Å². The molecule has 9 nitrogen and oxygen atoms in total. The Morgan fingerprint density at radius 1 is 1.06 bits per heavy atom. The lowest BCUT2D eigenvalue weighted by Crippen LogP contribution is -2.40. The van der Waals surface area contributed by atoms with Crippen molar-refractivity contribution in [2.45, 2.75) is 43.0 Å². The van der Waals surface area contributed by atoms with Gasteiger partial charge in [-0.15, -0.1) is 0 Å². The van der Waals surface area contributed by atoms with Crippen molar-refractivity contribution in [3.05, 3.63) is 18.2 Å². The lowest BCUT2D eigenvalue weighted by Gasteiger charge is -2.27. The molecule has 1 aromatic rings. The van der Waals surface area contributed by atoms with Crippen LogP contribution in [0.15, 0.2) is 23.1 Å². The fourth-order valence-electron chi connectivity index (χ4n) is 4.83. The molecule has 4 fully saturated rings. The molecular formula is C22H30N4O5S. The van der Waals surface area contributed by atoms with Crippen molar-refractivity contribution in [2.75, 3.05) is 56.2 Å². The molecule has 0 spiro atoms. The zero-order valence-electron chi connectivity index (χ0n) is 18.2. The largest absolute Gasteiger partial charge is 0.379 e. The summed E-state index contributed by atoms with van der Waals surface area (Å²) < 4.78 is 33.1. The van der Waals surface area contributed by atoms with Crippen LogP contribution in [0.25, 0.3) is 0 Å². The number of nitrogens with one attached hydrogen (secondary N) is 1. The SMILES string of the molecule is O=C(Nc1cc(S(=O)(=O)N2CCOCC2)ccc1N1CCCC1)C1CC(=O)N(C2CC2)C1. The number of morpholine rings is 1. The van der Waals surface area contributed by atoms with Gasteiger partial charge in [-0.1, -0.05) is 0 Å². The number of carbonyl (C=O) groups excluding carboxylic acids is 2. The van der Waals surface area contributed by atoms with E-state index in [4.69, 9.17) is 4.74 Å². The molecule has 0 bridgehead atoms. The van der Waals surface area contributed by atoms with Crippen molar-refractivity contribution < 1.29 is 22.7 Å². The highest BCUT2D eigenvalue weighted by Gasteiger charge is 2.42. The molecule has 174 valence electrons. The van der Waals surface area contributed by atoms with Gasteiger partial charge in [-0.05, 0) is 43.9 Å². The first kappa shape index (κ1) is 21.7. The summed E-state index contributed by atoms with van der Waals surface area (Å²) in [4.78, 5) is 29.6. The predicted octanol–water partition coefficient (Wildman–Crippen LogP) is 1.26. The van der Waals surface area contributed by atoms with Crippen molar-refractivity contribution in [3.8, 4) is 0 Å². The van der Waals surface area contributed by atoms with Crippen LogP contribution in [0.2, 0.25) is 0 Å². The first-order valence-corrected chi connectivity index (χ1v) is 12.9. The third-order valence-corrected chi connectivity index (χ3v) is 8.69. The van der Waals surface area contributed by atoms with Gasteiger partial charge in [-0.3, -0.25) is 9.59 Å². The fraction of sp³-hybridized carbons (Fsp3) is 0.636. The maximum absolute atomic E-state index is 13.2. The van der Waals surface area contributed by atoms with Crippen LogP contribution in [-0.4, -0.2) is 81.4 Å². The molecule has 10 heteroatoms. The van der Waals surface area contributed by atoms with Crippen LogP contribution >= 0.6 is 0 Å². The number of rotatable bonds is 6. The van der Waals surface area contributed by atoms with E-state index < -0.39 is 15.9 Å². The third kappa shape index (κ3) is 4.23. The van der Waals surface area contributed by atoms with Crippen molar-refractivity contribution in [1.82, 2.24) is 9.21 Å². The van der Waals surface area contributed by atoms with E-state index in [-0.39, 0.29) is 23.1 Å². The summed E-state index contributed by atoms with van der Waals surface area (Å²) in [6.45, 7) is 3.58. The van der Waals surface area contributed by atoms with Crippen LogP contribution < -0.4 is 10.2 Å². The normalized spacial score (nSPS) is 24.9. The maximum Gasteiger partial charge on any atom is 0.243 e. The molecule has 0 aromatic heterocycles. The summed E-state index contributed by atoms with van der Waals surface area (Å²) in [7, 11) is -3.68. The Morgan fingerprint density at radius 2 is 1.78 bits per heavy atom. The molecular weight excluding hydrogens is 432 g/mol. The molecule has 1 atom stereocenters. The van der Waals surface area contributed by atoms with Crippen molar-refractivity contribution in [2.24, 2.45) is 5.92 Å². The molecule has 4 aliphatic rings. The molecule has 1 aliphatic carbocycles. The third-order valence-electron chi connectivity index (χ3n) is 6.80.